The minimum Gasteiger partial charge on any atom is -0.481 e. The van der Waals surface area contributed by atoms with Gasteiger partial charge in [0.05, 0.1) is 11.5 Å². The number of nitrogens with zero attached hydrogens (tertiary/aromatic N) is 1. The summed E-state index contributed by atoms with van der Waals surface area (Å²) in [4.78, 5) is 25.6. The number of aliphatic carboxylic acids is 1. The average molecular weight is 268 g/mol. The highest BCUT2D eigenvalue weighted by atomic mass is 16.4. The predicted molar refractivity (Wildman–Crippen MR) is 71.7 cm³/mol. The molecule has 0 aromatic carbocycles. The lowest BCUT2D eigenvalue weighted by Crippen LogP contribution is -2.46. The van der Waals surface area contributed by atoms with E-state index in [0.29, 0.717) is 13.1 Å². The first-order valence-electron chi connectivity index (χ1n) is 7.26. The van der Waals surface area contributed by atoms with Gasteiger partial charge in [-0.15, -0.1) is 0 Å². The molecule has 0 aromatic rings. The zero-order valence-corrected chi connectivity index (χ0v) is 11.8. The maximum Gasteiger partial charge on any atom is 0.311 e. The van der Waals surface area contributed by atoms with E-state index >= 15 is 0 Å². The van der Waals surface area contributed by atoms with Crippen molar-refractivity contribution in [1.29, 1.82) is 0 Å². The van der Waals surface area contributed by atoms with Crippen LogP contribution in [0.5, 0.6) is 0 Å². The number of carbonyl (C=O) groups excluding carboxylic acids is 1. The van der Waals surface area contributed by atoms with Gasteiger partial charge in [0.15, 0.2) is 0 Å². The minimum atomic E-state index is -0.682. The van der Waals surface area contributed by atoms with Crippen LogP contribution in [0.3, 0.4) is 0 Å². The molecule has 0 aromatic heterocycles. The zero-order valence-electron chi connectivity index (χ0n) is 11.8. The molecule has 2 rings (SSSR count). The van der Waals surface area contributed by atoms with Crippen LogP contribution in [0.1, 0.15) is 39.5 Å². The lowest BCUT2D eigenvalue weighted by molar-refractivity contribution is -0.149. The molecule has 3 atom stereocenters. The second-order valence-corrected chi connectivity index (χ2v) is 5.95. The Morgan fingerprint density at radius 2 is 2.26 bits per heavy atom. The van der Waals surface area contributed by atoms with Gasteiger partial charge in [-0.2, -0.15) is 0 Å². The Kier molecular flexibility index (Phi) is 4.13. The van der Waals surface area contributed by atoms with Crippen molar-refractivity contribution < 1.29 is 14.7 Å². The van der Waals surface area contributed by atoms with Gasteiger partial charge in [-0.1, -0.05) is 13.3 Å². The third kappa shape index (κ3) is 2.48. The van der Waals surface area contributed by atoms with E-state index in [2.05, 4.69) is 5.32 Å². The number of hydrogen-bond acceptors (Lipinski definition) is 3. The first kappa shape index (κ1) is 14.3. The molecule has 2 aliphatic rings. The molecule has 0 radical (unpaired) electrons. The van der Waals surface area contributed by atoms with Crippen LogP contribution in [0.15, 0.2) is 0 Å². The summed E-state index contributed by atoms with van der Waals surface area (Å²) in [6.45, 7) is 5.84. The molecule has 2 N–H and O–H groups in total. The normalized spacial score (nSPS) is 32.0. The number of nitrogens with one attached hydrogen (secondary N) is 1. The van der Waals surface area contributed by atoms with Gasteiger partial charge in [0.1, 0.15) is 0 Å². The predicted octanol–water partition coefficient (Wildman–Crippen LogP) is 1.09. The number of rotatable bonds is 5. The molecule has 1 aliphatic heterocycles. The first-order chi connectivity index (χ1) is 9.01. The average Bonchev–Trinajstić information content (AvgIpc) is 2.92. The van der Waals surface area contributed by atoms with Gasteiger partial charge in [0.2, 0.25) is 5.91 Å². The van der Waals surface area contributed by atoms with Gasteiger partial charge in [0.25, 0.3) is 0 Å². The van der Waals surface area contributed by atoms with Crippen LogP contribution in [-0.4, -0.2) is 47.6 Å². The van der Waals surface area contributed by atoms with Gasteiger partial charge in [-0.25, -0.2) is 0 Å². The molecule has 1 aliphatic carbocycles. The Labute approximate surface area is 114 Å². The number of amides is 1. The van der Waals surface area contributed by atoms with Crippen molar-refractivity contribution in [2.24, 2.45) is 11.3 Å². The van der Waals surface area contributed by atoms with Gasteiger partial charge >= 0.3 is 5.97 Å². The number of carbonyl (C=O) groups is 2. The molecule has 2 fully saturated rings. The van der Waals surface area contributed by atoms with Crippen molar-refractivity contribution in [3.8, 4) is 0 Å². The molecule has 108 valence electrons. The molecule has 1 heterocycles. The quantitative estimate of drug-likeness (QED) is 0.783. The molecule has 1 saturated heterocycles. The summed E-state index contributed by atoms with van der Waals surface area (Å²) in [7, 11) is 0. The fourth-order valence-electron chi connectivity index (χ4n) is 3.53. The summed E-state index contributed by atoms with van der Waals surface area (Å²) >= 11 is 0. The molecule has 5 nitrogen and oxygen atoms in total. The van der Waals surface area contributed by atoms with Crippen molar-refractivity contribution in [2.45, 2.75) is 45.6 Å². The Morgan fingerprint density at radius 1 is 1.53 bits per heavy atom. The van der Waals surface area contributed by atoms with Gasteiger partial charge < -0.3 is 10.4 Å². The number of hydrogen-bond donors (Lipinski definition) is 2. The highest BCUT2D eigenvalue weighted by molar-refractivity contribution is 5.82. The molecule has 0 spiro atoms. The first-order valence-corrected chi connectivity index (χ1v) is 7.26. The van der Waals surface area contributed by atoms with Crippen LogP contribution >= 0.6 is 0 Å². The topological polar surface area (TPSA) is 69.6 Å². The number of carboxylic acids is 1. The minimum absolute atomic E-state index is 0.0161. The summed E-state index contributed by atoms with van der Waals surface area (Å²) in [5.41, 5.74) is -0.598. The van der Waals surface area contributed by atoms with Gasteiger partial charge in [-0.3, -0.25) is 14.5 Å². The smallest absolute Gasteiger partial charge is 0.311 e. The largest absolute Gasteiger partial charge is 0.481 e. The molecule has 5 heteroatoms. The fraction of sp³-hybridized carbons (Fsp3) is 0.857. The Morgan fingerprint density at radius 3 is 2.84 bits per heavy atom. The van der Waals surface area contributed by atoms with Crippen LogP contribution in [0.25, 0.3) is 0 Å². The highest BCUT2D eigenvalue weighted by Gasteiger charge is 2.55. The second kappa shape index (κ2) is 5.49. The summed E-state index contributed by atoms with van der Waals surface area (Å²) in [6, 6.07) is -0.228. The van der Waals surface area contributed by atoms with Crippen molar-refractivity contribution in [1.82, 2.24) is 10.2 Å². The third-order valence-electron chi connectivity index (χ3n) is 4.80. The highest BCUT2D eigenvalue weighted by Crippen LogP contribution is 2.49. The monoisotopic (exact) mass is 268 g/mol. The fourth-order valence-corrected chi connectivity index (χ4v) is 3.53. The summed E-state index contributed by atoms with van der Waals surface area (Å²) in [6.07, 6.45) is 3.65. The number of carboxylic acid groups (broad SMARTS) is 1. The molecule has 0 bridgehead atoms. The Bertz CT molecular complexity index is 372. The van der Waals surface area contributed by atoms with Crippen LogP contribution in [0, 0.1) is 11.3 Å². The van der Waals surface area contributed by atoms with E-state index in [1.165, 1.54) is 0 Å². The van der Waals surface area contributed by atoms with E-state index in [4.69, 9.17) is 0 Å². The van der Waals surface area contributed by atoms with Crippen LogP contribution < -0.4 is 5.32 Å². The van der Waals surface area contributed by atoms with Crippen molar-refractivity contribution >= 4 is 11.9 Å². The molecule has 1 unspecified atom stereocenters. The van der Waals surface area contributed by atoms with Crippen LogP contribution in [0.2, 0.25) is 0 Å². The van der Waals surface area contributed by atoms with Crippen molar-refractivity contribution in [3.63, 3.8) is 0 Å². The second-order valence-electron chi connectivity index (χ2n) is 5.95. The standard InChI is InChI=1S/C14H24N2O3/c1-3-7-15-12(17)10(2)16-8-11-5-4-6-14(11,9-16)13(18)19/h10-11H,3-9H2,1-2H3,(H,15,17)(H,18,19)/t10?,11-,14+/m0/s1. The molecule has 1 amide bonds. The lowest BCUT2D eigenvalue weighted by atomic mass is 9.81. The van der Waals surface area contributed by atoms with E-state index in [1.807, 2.05) is 18.7 Å². The lowest BCUT2D eigenvalue weighted by Gasteiger charge is -2.26. The van der Waals surface area contributed by atoms with Crippen LogP contribution in [-0.2, 0) is 9.59 Å². The summed E-state index contributed by atoms with van der Waals surface area (Å²) in [5.74, 6) is -0.451. The molecule has 1 saturated carbocycles. The van der Waals surface area contributed by atoms with Crippen molar-refractivity contribution in [3.05, 3.63) is 0 Å². The van der Waals surface area contributed by atoms with Crippen LogP contribution in [0.4, 0.5) is 0 Å². The van der Waals surface area contributed by atoms with Gasteiger partial charge in [0, 0.05) is 19.6 Å². The van der Waals surface area contributed by atoms with E-state index in [-0.39, 0.29) is 17.9 Å². The van der Waals surface area contributed by atoms with E-state index in [0.717, 1.165) is 32.2 Å². The molecular weight excluding hydrogens is 244 g/mol. The van der Waals surface area contributed by atoms with E-state index in [9.17, 15) is 14.7 Å². The maximum atomic E-state index is 12.0. The Balaban J connectivity index is 2.01. The Hall–Kier alpha value is -1.10. The molecular formula is C14H24N2O3. The summed E-state index contributed by atoms with van der Waals surface area (Å²) < 4.78 is 0. The maximum absolute atomic E-state index is 12.0. The van der Waals surface area contributed by atoms with Gasteiger partial charge in [-0.05, 0) is 32.1 Å². The number of fused-ring (bicyclic) bond motifs is 1. The van der Waals surface area contributed by atoms with E-state index in [1.54, 1.807) is 0 Å². The zero-order chi connectivity index (χ0) is 14.0. The number of likely N-dealkylation sites (tertiary alicyclic amines) is 1. The third-order valence-corrected chi connectivity index (χ3v) is 4.80. The van der Waals surface area contributed by atoms with Crippen molar-refractivity contribution in [2.75, 3.05) is 19.6 Å². The summed E-state index contributed by atoms with van der Waals surface area (Å²) in [5, 5.41) is 12.4. The van der Waals surface area contributed by atoms with E-state index < -0.39 is 11.4 Å². The molecule has 19 heavy (non-hydrogen) atoms. The SMILES string of the molecule is CCCNC(=O)C(C)N1C[C@@H]2CCC[C@@]2(C(=O)O)C1.